The van der Waals surface area contributed by atoms with Crippen molar-refractivity contribution in [3.8, 4) is 0 Å². The number of ether oxygens (including phenoxy) is 1. The minimum Gasteiger partial charge on any atom is -0.478 e. The van der Waals surface area contributed by atoms with Crippen molar-refractivity contribution >= 4 is 40.0 Å². The van der Waals surface area contributed by atoms with E-state index in [-0.39, 0.29) is 12.3 Å². The van der Waals surface area contributed by atoms with Crippen LogP contribution >= 0.6 is 10.0 Å². The van der Waals surface area contributed by atoms with Crippen LogP contribution in [0.5, 0.6) is 0 Å². The molecule has 2 rings (SSSR count). The van der Waals surface area contributed by atoms with Gasteiger partial charge in [-0.1, -0.05) is 6.82 Å². The lowest BCUT2D eigenvalue weighted by atomic mass is 9.78. The number of carboxylic acid groups (broad SMARTS) is 1. The quantitative estimate of drug-likeness (QED) is 0.612. The minimum atomic E-state index is -1.01. The van der Waals surface area contributed by atoms with Gasteiger partial charge in [0.05, 0.1) is 6.61 Å². The van der Waals surface area contributed by atoms with Crippen LogP contribution in [0.15, 0.2) is 12.4 Å². The summed E-state index contributed by atoms with van der Waals surface area (Å²) in [5.41, 5.74) is 1.74. The number of nitrogens with zero attached hydrogens (tertiary/aromatic N) is 3. The fourth-order valence-corrected chi connectivity index (χ4v) is 2.55. The van der Waals surface area contributed by atoms with Gasteiger partial charge in [-0.3, -0.25) is 4.98 Å². The molecule has 0 unspecified atom stereocenters. The van der Waals surface area contributed by atoms with E-state index in [0.717, 1.165) is 5.75 Å². The second-order valence-electron chi connectivity index (χ2n) is 5.91. The Kier molecular flexibility index (Phi) is 5.13. The fraction of sp³-hybridized carbons (Fsp3) is 0.500. The van der Waals surface area contributed by atoms with E-state index in [1.807, 2.05) is 6.82 Å². The molecular formula is C14H21BN3O3S. The Labute approximate surface area is 132 Å². The fourth-order valence-electron chi connectivity index (χ4n) is 1.93. The summed E-state index contributed by atoms with van der Waals surface area (Å²) in [6, 6.07) is 0. The third-order valence-corrected chi connectivity index (χ3v) is 4.57. The van der Waals surface area contributed by atoms with Crippen molar-refractivity contribution in [3.05, 3.63) is 18.0 Å². The molecule has 2 aromatic heterocycles. The van der Waals surface area contributed by atoms with Crippen molar-refractivity contribution in [3.63, 3.8) is 0 Å². The Hall–Kier alpha value is -1.54. The average Bonchev–Trinajstić information content (AvgIpc) is 2.80. The van der Waals surface area contributed by atoms with Crippen molar-refractivity contribution in [1.82, 2.24) is 14.5 Å². The van der Waals surface area contributed by atoms with Gasteiger partial charge >= 0.3 is 5.97 Å². The first-order valence-electron chi connectivity index (χ1n) is 6.94. The van der Waals surface area contributed by atoms with Gasteiger partial charge in [0.1, 0.15) is 17.8 Å². The number of aromatic nitrogens is 3. The van der Waals surface area contributed by atoms with Crippen molar-refractivity contribution in [2.75, 3.05) is 31.1 Å². The van der Waals surface area contributed by atoms with E-state index in [1.54, 1.807) is 18.0 Å². The molecule has 0 saturated carbocycles. The normalized spacial score (nSPS) is 12.5. The summed E-state index contributed by atoms with van der Waals surface area (Å²) in [6.07, 6.45) is 9.87. The predicted octanol–water partition coefficient (Wildman–Crippen LogP) is 1.18. The molecule has 0 aromatic carbocycles. The van der Waals surface area contributed by atoms with Crippen LogP contribution in [0, 0.1) is 0 Å². The highest BCUT2D eigenvalue weighted by Gasteiger charge is 2.17. The lowest BCUT2D eigenvalue weighted by molar-refractivity contribution is 0.0696. The third-order valence-electron chi connectivity index (χ3n) is 3.18. The SMILES string of the molecule is C[B]c1cnc2c(n1)c(C(=O)O)cn2COCCS(C)(C)C. The molecule has 2 heterocycles. The van der Waals surface area contributed by atoms with Gasteiger partial charge in [-0.2, -0.15) is 0 Å². The van der Waals surface area contributed by atoms with Crippen LogP contribution in [-0.2, 0) is 11.5 Å². The smallest absolute Gasteiger partial charge is 0.339 e. The molecule has 1 radical (unpaired) electrons. The minimum absolute atomic E-state index is 0.149. The third kappa shape index (κ3) is 4.01. The summed E-state index contributed by atoms with van der Waals surface area (Å²) in [5, 5.41) is 9.31. The van der Waals surface area contributed by atoms with Crippen LogP contribution < -0.4 is 5.59 Å². The van der Waals surface area contributed by atoms with Crippen molar-refractivity contribution in [2.24, 2.45) is 0 Å². The van der Waals surface area contributed by atoms with E-state index in [4.69, 9.17) is 4.74 Å². The Balaban J connectivity index is 2.21. The molecule has 8 heteroatoms. The van der Waals surface area contributed by atoms with E-state index in [2.05, 4.69) is 28.7 Å². The zero-order chi connectivity index (χ0) is 16.3. The highest BCUT2D eigenvalue weighted by molar-refractivity contribution is 8.32. The summed E-state index contributed by atoms with van der Waals surface area (Å²) >= 11 is 0. The molecule has 0 aliphatic carbocycles. The molecule has 22 heavy (non-hydrogen) atoms. The van der Waals surface area contributed by atoms with E-state index < -0.39 is 16.0 Å². The Morgan fingerprint density at radius 1 is 1.45 bits per heavy atom. The van der Waals surface area contributed by atoms with Gasteiger partial charge in [0.15, 0.2) is 12.9 Å². The summed E-state index contributed by atoms with van der Waals surface area (Å²) in [5.74, 6) is 0.00366. The van der Waals surface area contributed by atoms with E-state index in [1.165, 1.54) is 6.20 Å². The number of rotatable bonds is 7. The zero-order valence-electron chi connectivity index (χ0n) is 13.4. The number of aromatic carboxylic acids is 1. The lowest BCUT2D eigenvalue weighted by Crippen LogP contribution is -2.17. The lowest BCUT2D eigenvalue weighted by Gasteiger charge is -2.24. The van der Waals surface area contributed by atoms with Crippen LogP contribution in [0.25, 0.3) is 11.2 Å². The maximum atomic E-state index is 11.4. The van der Waals surface area contributed by atoms with Crippen LogP contribution in [-0.4, -0.2) is 64.0 Å². The molecule has 0 spiro atoms. The van der Waals surface area contributed by atoms with Gasteiger partial charge < -0.3 is 14.4 Å². The molecule has 0 bridgehead atoms. The first-order valence-corrected chi connectivity index (χ1v) is 9.97. The van der Waals surface area contributed by atoms with Crippen molar-refractivity contribution in [1.29, 1.82) is 0 Å². The highest BCUT2D eigenvalue weighted by atomic mass is 32.3. The summed E-state index contributed by atoms with van der Waals surface area (Å²) < 4.78 is 7.37. The van der Waals surface area contributed by atoms with Crippen LogP contribution in [0.3, 0.4) is 0 Å². The number of carboxylic acids is 1. The van der Waals surface area contributed by atoms with Gasteiger partial charge in [0.2, 0.25) is 0 Å². The summed E-state index contributed by atoms with van der Waals surface area (Å²) in [4.78, 5) is 20.0. The first kappa shape index (κ1) is 16.8. The standard InChI is InChI=1S/C14H21BN3O3S/c1-15-11-7-16-13-12(17-11)10(14(19)20)8-18(13)9-21-5-6-22(2,3)4/h7-8H,5-6,9H2,1-4H3,(H,19,20). The maximum Gasteiger partial charge on any atom is 0.339 e. The molecule has 0 aliphatic heterocycles. The van der Waals surface area contributed by atoms with E-state index in [9.17, 15) is 9.90 Å². The van der Waals surface area contributed by atoms with E-state index >= 15 is 0 Å². The Morgan fingerprint density at radius 3 is 2.77 bits per heavy atom. The molecule has 0 fully saturated rings. The number of hydrogen-bond donors (Lipinski definition) is 1. The zero-order valence-corrected chi connectivity index (χ0v) is 14.2. The molecule has 119 valence electrons. The molecule has 6 nitrogen and oxygen atoms in total. The van der Waals surface area contributed by atoms with Gasteiger partial charge in [-0.15, -0.1) is 0 Å². The predicted molar refractivity (Wildman–Crippen MR) is 91.9 cm³/mol. The van der Waals surface area contributed by atoms with E-state index in [0.29, 0.717) is 23.4 Å². The summed E-state index contributed by atoms with van der Waals surface area (Å²) in [6.45, 7) is 2.77. The maximum absolute atomic E-state index is 11.4. The second kappa shape index (κ2) is 6.70. The topological polar surface area (TPSA) is 77.2 Å². The summed E-state index contributed by atoms with van der Waals surface area (Å²) in [7, 11) is 1.19. The molecule has 1 N–H and O–H groups in total. The number of fused-ring (bicyclic) bond motifs is 1. The molecular weight excluding hydrogens is 301 g/mol. The van der Waals surface area contributed by atoms with Crippen LogP contribution in [0.4, 0.5) is 0 Å². The second-order valence-corrected chi connectivity index (χ2v) is 10.5. The monoisotopic (exact) mass is 322 g/mol. The average molecular weight is 322 g/mol. The molecule has 0 amide bonds. The molecule has 0 saturated heterocycles. The Morgan fingerprint density at radius 2 is 2.18 bits per heavy atom. The molecule has 0 atom stereocenters. The molecule has 0 aliphatic rings. The van der Waals surface area contributed by atoms with Crippen molar-refractivity contribution in [2.45, 2.75) is 13.6 Å². The Bertz CT molecular complexity index is 682. The van der Waals surface area contributed by atoms with Crippen LogP contribution in [0.2, 0.25) is 6.82 Å². The largest absolute Gasteiger partial charge is 0.478 e. The van der Waals surface area contributed by atoms with Gasteiger partial charge in [-0.25, -0.2) is 19.8 Å². The highest BCUT2D eigenvalue weighted by Crippen LogP contribution is 2.33. The number of carbonyl (C=O) groups is 1. The van der Waals surface area contributed by atoms with Gasteiger partial charge in [0, 0.05) is 23.7 Å². The molecule has 2 aromatic rings. The van der Waals surface area contributed by atoms with Gasteiger partial charge in [0.25, 0.3) is 0 Å². The van der Waals surface area contributed by atoms with Crippen molar-refractivity contribution < 1.29 is 14.6 Å². The van der Waals surface area contributed by atoms with Gasteiger partial charge in [-0.05, 0) is 18.8 Å². The first-order chi connectivity index (χ1) is 10.3. The number of hydrogen-bond acceptors (Lipinski definition) is 4. The van der Waals surface area contributed by atoms with Crippen LogP contribution in [0.1, 0.15) is 10.4 Å².